The van der Waals surface area contributed by atoms with Crippen molar-refractivity contribution >= 4 is 28.8 Å². The van der Waals surface area contributed by atoms with Crippen LogP contribution >= 0.6 is 22.6 Å². The van der Waals surface area contributed by atoms with Crippen molar-refractivity contribution in [3.05, 3.63) is 56.7 Å². The molecule has 0 unspecified atom stereocenters. The molecule has 6 heteroatoms. The SMILES string of the molecule is COc1cc(/C=N\OCc2ccccc2C#N)cc(I)c1OC(C)C. The molecule has 0 fully saturated rings. The topological polar surface area (TPSA) is 63.8 Å². The molecule has 2 rings (SSSR count). The van der Waals surface area contributed by atoms with Gasteiger partial charge < -0.3 is 14.3 Å². The van der Waals surface area contributed by atoms with Gasteiger partial charge in [-0.2, -0.15) is 5.26 Å². The Balaban J connectivity index is 2.08. The van der Waals surface area contributed by atoms with Crippen molar-refractivity contribution in [1.82, 2.24) is 0 Å². The van der Waals surface area contributed by atoms with Gasteiger partial charge in [-0.1, -0.05) is 23.4 Å². The van der Waals surface area contributed by atoms with E-state index in [1.807, 2.05) is 44.2 Å². The molecule has 0 aliphatic heterocycles. The van der Waals surface area contributed by atoms with Crippen LogP contribution in [0.5, 0.6) is 11.5 Å². The van der Waals surface area contributed by atoms with Crippen LogP contribution in [0.15, 0.2) is 41.6 Å². The Bertz CT molecular complexity index is 798. The molecule has 0 saturated heterocycles. The number of ether oxygens (including phenoxy) is 2. The van der Waals surface area contributed by atoms with Gasteiger partial charge in [-0.25, -0.2) is 0 Å². The first-order valence-corrected chi connectivity index (χ1v) is 8.80. The van der Waals surface area contributed by atoms with Crippen molar-refractivity contribution < 1.29 is 14.3 Å². The maximum atomic E-state index is 9.06. The molecule has 130 valence electrons. The van der Waals surface area contributed by atoms with Gasteiger partial charge in [0, 0.05) is 11.1 Å². The third-order valence-electron chi connectivity index (χ3n) is 3.24. The predicted octanol–water partition coefficient (Wildman–Crippen LogP) is 4.51. The highest BCUT2D eigenvalue weighted by molar-refractivity contribution is 14.1. The number of oxime groups is 1. The second-order valence-electron chi connectivity index (χ2n) is 5.48. The summed E-state index contributed by atoms with van der Waals surface area (Å²) in [4.78, 5) is 5.32. The van der Waals surface area contributed by atoms with Gasteiger partial charge in [-0.3, -0.25) is 0 Å². The van der Waals surface area contributed by atoms with Crippen LogP contribution in [0.4, 0.5) is 0 Å². The number of halogens is 1. The molecule has 0 aromatic heterocycles. The lowest BCUT2D eigenvalue weighted by Crippen LogP contribution is -2.08. The van der Waals surface area contributed by atoms with Gasteiger partial charge in [-0.15, -0.1) is 0 Å². The third-order valence-corrected chi connectivity index (χ3v) is 4.04. The van der Waals surface area contributed by atoms with Gasteiger partial charge in [0.25, 0.3) is 0 Å². The molecule has 2 aromatic rings. The first-order chi connectivity index (χ1) is 12.0. The van der Waals surface area contributed by atoms with E-state index in [0.717, 1.165) is 20.4 Å². The zero-order valence-electron chi connectivity index (χ0n) is 14.3. The summed E-state index contributed by atoms with van der Waals surface area (Å²) >= 11 is 2.20. The van der Waals surface area contributed by atoms with E-state index in [2.05, 4.69) is 33.8 Å². The van der Waals surface area contributed by atoms with Crippen LogP contribution in [0, 0.1) is 14.9 Å². The number of hydrogen-bond acceptors (Lipinski definition) is 5. The van der Waals surface area contributed by atoms with Gasteiger partial charge in [0.15, 0.2) is 11.5 Å². The van der Waals surface area contributed by atoms with E-state index in [0.29, 0.717) is 11.3 Å². The molecule has 0 heterocycles. The van der Waals surface area contributed by atoms with Gasteiger partial charge >= 0.3 is 0 Å². The fourth-order valence-corrected chi connectivity index (χ4v) is 2.88. The molecule has 0 spiro atoms. The molecular formula is C19H19IN2O3. The van der Waals surface area contributed by atoms with Crippen molar-refractivity contribution in [3.8, 4) is 17.6 Å². The Morgan fingerprint density at radius 3 is 2.72 bits per heavy atom. The molecule has 0 aliphatic carbocycles. The zero-order valence-corrected chi connectivity index (χ0v) is 16.5. The minimum Gasteiger partial charge on any atom is -0.493 e. The number of nitriles is 1. The Morgan fingerprint density at radius 2 is 2.04 bits per heavy atom. The lowest BCUT2D eigenvalue weighted by molar-refractivity contribution is 0.132. The Hall–Kier alpha value is -2.27. The van der Waals surface area contributed by atoms with Crippen LogP contribution in [0.3, 0.4) is 0 Å². The standard InChI is InChI=1S/C19H19IN2O3/c1-13(2)25-19-17(20)8-14(9-18(19)23-3)11-22-24-12-16-7-5-4-6-15(16)10-21/h4-9,11,13H,12H2,1-3H3/b22-11-. The second kappa shape index (κ2) is 9.28. The summed E-state index contributed by atoms with van der Waals surface area (Å²) in [6.07, 6.45) is 1.67. The summed E-state index contributed by atoms with van der Waals surface area (Å²) < 4.78 is 12.1. The second-order valence-corrected chi connectivity index (χ2v) is 6.64. The number of methoxy groups -OCH3 is 1. The van der Waals surface area contributed by atoms with E-state index in [1.165, 1.54) is 0 Å². The fourth-order valence-electron chi connectivity index (χ4n) is 2.12. The first-order valence-electron chi connectivity index (χ1n) is 7.72. The Kier molecular flexibility index (Phi) is 7.07. The van der Waals surface area contributed by atoms with Crippen LogP contribution in [0.2, 0.25) is 0 Å². The maximum Gasteiger partial charge on any atom is 0.174 e. The summed E-state index contributed by atoms with van der Waals surface area (Å²) in [5, 5.41) is 13.0. The highest BCUT2D eigenvalue weighted by atomic mass is 127. The molecule has 0 bridgehead atoms. The van der Waals surface area contributed by atoms with E-state index < -0.39 is 0 Å². The largest absolute Gasteiger partial charge is 0.493 e. The first kappa shape index (κ1) is 19.1. The van der Waals surface area contributed by atoms with Gasteiger partial charge in [0.1, 0.15) is 6.61 Å². The highest BCUT2D eigenvalue weighted by Crippen LogP contribution is 2.34. The van der Waals surface area contributed by atoms with Gasteiger partial charge in [0.05, 0.1) is 34.6 Å². The van der Waals surface area contributed by atoms with E-state index in [-0.39, 0.29) is 12.7 Å². The molecule has 5 nitrogen and oxygen atoms in total. The maximum absolute atomic E-state index is 9.06. The van der Waals surface area contributed by atoms with E-state index >= 15 is 0 Å². The zero-order chi connectivity index (χ0) is 18.2. The fraction of sp³-hybridized carbons (Fsp3) is 0.263. The lowest BCUT2D eigenvalue weighted by Gasteiger charge is -2.15. The molecule has 0 amide bonds. The minimum atomic E-state index is 0.0606. The summed E-state index contributed by atoms with van der Waals surface area (Å²) in [6, 6.07) is 13.2. The highest BCUT2D eigenvalue weighted by Gasteiger charge is 2.12. The van der Waals surface area contributed by atoms with E-state index in [9.17, 15) is 0 Å². The van der Waals surface area contributed by atoms with Crippen LogP contribution in [0.1, 0.15) is 30.5 Å². The molecular weight excluding hydrogens is 431 g/mol. The molecule has 0 saturated carbocycles. The summed E-state index contributed by atoms with van der Waals surface area (Å²) in [5.41, 5.74) is 2.23. The summed E-state index contributed by atoms with van der Waals surface area (Å²) in [7, 11) is 1.61. The van der Waals surface area contributed by atoms with Crippen LogP contribution in [0.25, 0.3) is 0 Å². The quantitative estimate of drug-likeness (QED) is 0.354. The van der Waals surface area contributed by atoms with Crippen LogP contribution < -0.4 is 9.47 Å². The smallest absolute Gasteiger partial charge is 0.174 e. The van der Waals surface area contributed by atoms with Crippen molar-refractivity contribution in [2.45, 2.75) is 26.6 Å². The molecule has 2 aromatic carbocycles. The van der Waals surface area contributed by atoms with Gasteiger partial charge in [0.2, 0.25) is 0 Å². The summed E-state index contributed by atoms with van der Waals surface area (Å²) in [6.45, 7) is 4.18. The molecule has 0 atom stereocenters. The van der Waals surface area contributed by atoms with Crippen molar-refractivity contribution in [2.24, 2.45) is 5.16 Å². The molecule has 25 heavy (non-hydrogen) atoms. The average Bonchev–Trinajstić information content (AvgIpc) is 2.60. The van der Waals surface area contributed by atoms with E-state index in [1.54, 1.807) is 19.4 Å². The number of nitrogens with zero attached hydrogens (tertiary/aromatic N) is 2. The molecule has 0 N–H and O–H groups in total. The van der Waals surface area contributed by atoms with E-state index in [4.69, 9.17) is 19.6 Å². The van der Waals surface area contributed by atoms with Crippen molar-refractivity contribution in [3.63, 3.8) is 0 Å². The number of hydrogen-bond donors (Lipinski definition) is 0. The number of benzene rings is 2. The summed E-state index contributed by atoms with van der Waals surface area (Å²) in [5.74, 6) is 1.37. The minimum absolute atomic E-state index is 0.0606. The van der Waals surface area contributed by atoms with Crippen molar-refractivity contribution in [1.29, 1.82) is 5.26 Å². The normalized spacial score (nSPS) is 10.7. The molecule has 0 radical (unpaired) electrons. The monoisotopic (exact) mass is 450 g/mol. The average molecular weight is 450 g/mol. The predicted molar refractivity (Wildman–Crippen MR) is 105 cm³/mol. The van der Waals surface area contributed by atoms with Crippen LogP contribution in [-0.4, -0.2) is 19.4 Å². The molecule has 0 aliphatic rings. The lowest BCUT2D eigenvalue weighted by atomic mass is 10.1. The number of rotatable bonds is 7. The Morgan fingerprint density at radius 1 is 1.28 bits per heavy atom. The van der Waals surface area contributed by atoms with Crippen LogP contribution in [-0.2, 0) is 11.4 Å². The van der Waals surface area contributed by atoms with Gasteiger partial charge in [-0.05, 0) is 54.6 Å². The van der Waals surface area contributed by atoms with Crippen molar-refractivity contribution in [2.75, 3.05) is 7.11 Å². The Labute approximate surface area is 161 Å². The third kappa shape index (κ3) is 5.36.